The van der Waals surface area contributed by atoms with Gasteiger partial charge in [-0.3, -0.25) is 9.89 Å². The fourth-order valence-electron chi connectivity index (χ4n) is 3.88. The summed E-state index contributed by atoms with van der Waals surface area (Å²) in [6, 6.07) is 16.2. The number of morpholine rings is 1. The molecule has 33 heavy (non-hydrogen) atoms. The van der Waals surface area contributed by atoms with Gasteiger partial charge < -0.3 is 15.0 Å². The van der Waals surface area contributed by atoms with Gasteiger partial charge in [-0.15, -0.1) is 23.7 Å². The number of aryl methyl sites for hydroxylation is 1. The number of halogens is 1. The lowest BCUT2D eigenvalue weighted by Gasteiger charge is -2.29. The number of para-hydroxylation sites is 1. The van der Waals surface area contributed by atoms with Gasteiger partial charge in [-0.25, -0.2) is 0 Å². The molecule has 1 aliphatic rings. The molecule has 2 N–H and O–H groups in total. The molecule has 8 heteroatoms. The van der Waals surface area contributed by atoms with Gasteiger partial charge in [0.1, 0.15) is 0 Å². The Hall–Kier alpha value is -3.13. The fraction of sp³-hybridized carbons (Fsp3) is 0.200. The maximum Gasteiger partial charge on any atom is 0.266 e. The Morgan fingerprint density at radius 3 is 2.76 bits per heavy atom. The number of hydrogen-bond donors (Lipinski definition) is 2. The third-order valence-corrected chi connectivity index (χ3v) is 6.66. The normalized spacial score (nSPS) is 13.9. The predicted molar refractivity (Wildman–Crippen MR) is 139 cm³/mol. The number of fused-ring (bicyclic) bond motifs is 1. The molecule has 6 nitrogen and oxygen atoms in total. The maximum absolute atomic E-state index is 12.9. The lowest BCUT2D eigenvalue weighted by molar-refractivity contribution is 0.103. The van der Waals surface area contributed by atoms with E-state index in [1.165, 1.54) is 11.3 Å². The minimum absolute atomic E-state index is 0. The molecule has 1 fully saturated rings. The van der Waals surface area contributed by atoms with Gasteiger partial charge in [0.25, 0.3) is 5.91 Å². The van der Waals surface area contributed by atoms with E-state index in [0.29, 0.717) is 0 Å². The topological polar surface area (TPSA) is 70.2 Å². The Bertz CT molecular complexity index is 1290. The molecule has 2 aromatic carbocycles. The third kappa shape index (κ3) is 4.95. The molecule has 0 bridgehead atoms. The van der Waals surface area contributed by atoms with Crippen LogP contribution in [0.25, 0.3) is 23.1 Å². The van der Waals surface area contributed by atoms with Crippen molar-refractivity contribution in [2.24, 2.45) is 0 Å². The van der Waals surface area contributed by atoms with Crippen LogP contribution in [-0.2, 0) is 4.74 Å². The molecule has 0 atom stereocenters. The first-order valence-corrected chi connectivity index (χ1v) is 11.5. The highest BCUT2D eigenvalue weighted by Crippen LogP contribution is 2.28. The van der Waals surface area contributed by atoms with Crippen LogP contribution in [0.2, 0.25) is 0 Å². The number of aromatic nitrogens is 2. The number of rotatable bonds is 5. The number of nitrogens with one attached hydrogen (secondary N) is 2. The van der Waals surface area contributed by atoms with Gasteiger partial charge in [0.05, 0.1) is 29.3 Å². The van der Waals surface area contributed by atoms with Crippen molar-refractivity contribution in [3.05, 3.63) is 75.6 Å². The predicted octanol–water partition coefficient (Wildman–Crippen LogP) is 5.61. The Morgan fingerprint density at radius 2 is 1.97 bits per heavy atom. The number of carbonyl (C=O) groups is 1. The molecular weight excluding hydrogens is 456 g/mol. The molecule has 0 aliphatic carbocycles. The summed E-state index contributed by atoms with van der Waals surface area (Å²) in [5.41, 5.74) is 5.67. The number of hydrogen-bond acceptors (Lipinski definition) is 5. The molecule has 2 aromatic heterocycles. The summed E-state index contributed by atoms with van der Waals surface area (Å²) in [6.45, 7) is 5.11. The molecule has 0 spiro atoms. The number of benzene rings is 2. The monoisotopic (exact) mass is 480 g/mol. The molecule has 5 rings (SSSR count). The average Bonchev–Trinajstić information content (AvgIpc) is 3.45. The second-order valence-corrected chi connectivity index (χ2v) is 8.66. The molecule has 0 radical (unpaired) electrons. The first-order valence-electron chi connectivity index (χ1n) is 10.6. The first kappa shape index (κ1) is 23.0. The van der Waals surface area contributed by atoms with Crippen LogP contribution in [0.1, 0.15) is 26.5 Å². The van der Waals surface area contributed by atoms with Crippen LogP contribution in [-0.4, -0.2) is 42.4 Å². The average molecular weight is 481 g/mol. The van der Waals surface area contributed by atoms with Crippen molar-refractivity contribution in [1.82, 2.24) is 10.2 Å². The minimum Gasteiger partial charge on any atom is -0.378 e. The van der Waals surface area contributed by atoms with Crippen LogP contribution in [0.5, 0.6) is 0 Å². The van der Waals surface area contributed by atoms with E-state index in [9.17, 15) is 4.79 Å². The Kier molecular flexibility index (Phi) is 7.13. The highest BCUT2D eigenvalue weighted by molar-refractivity contribution is 7.12. The minimum atomic E-state index is -0.0866. The molecule has 170 valence electrons. The van der Waals surface area contributed by atoms with Gasteiger partial charge in [0.15, 0.2) is 0 Å². The van der Waals surface area contributed by atoms with E-state index in [-0.39, 0.29) is 18.3 Å². The summed E-state index contributed by atoms with van der Waals surface area (Å²) >= 11 is 1.46. The molecule has 1 saturated heterocycles. The van der Waals surface area contributed by atoms with Crippen molar-refractivity contribution < 1.29 is 9.53 Å². The number of ether oxygens (including phenoxy) is 1. The van der Waals surface area contributed by atoms with Gasteiger partial charge in [-0.2, -0.15) is 5.10 Å². The van der Waals surface area contributed by atoms with Crippen molar-refractivity contribution in [2.45, 2.75) is 6.92 Å². The Labute approximate surface area is 202 Å². The second kappa shape index (κ2) is 10.2. The number of aromatic amines is 1. The van der Waals surface area contributed by atoms with E-state index in [1.54, 1.807) is 0 Å². The molecule has 0 saturated carbocycles. The van der Waals surface area contributed by atoms with Gasteiger partial charge in [0, 0.05) is 35.4 Å². The molecular formula is C25H25ClN4O2S. The molecule has 4 aromatic rings. The van der Waals surface area contributed by atoms with Crippen LogP contribution >= 0.6 is 23.7 Å². The van der Waals surface area contributed by atoms with Crippen LogP contribution < -0.4 is 10.2 Å². The smallest absolute Gasteiger partial charge is 0.266 e. The second-order valence-electron chi connectivity index (χ2n) is 7.75. The third-order valence-electron chi connectivity index (χ3n) is 5.65. The van der Waals surface area contributed by atoms with Crippen LogP contribution in [0.15, 0.2) is 53.9 Å². The first-order chi connectivity index (χ1) is 15.7. The summed E-state index contributed by atoms with van der Waals surface area (Å²) < 4.78 is 5.49. The van der Waals surface area contributed by atoms with Gasteiger partial charge in [-0.1, -0.05) is 24.3 Å². The number of H-pyrrole nitrogens is 1. The largest absolute Gasteiger partial charge is 0.378 e. The quantitative estimate of drug-likeness (QED) is 0.389. The van der Waals surface area contributed by atoms with E-state index in [4.69, 9.17) is 4.74 Å². The van der Waals surface area contributed by atoms with E-state index < -0.39 is 0 Å². The number of amides is 1. The number of thiophene rings is 1. The van der Waals surface area contributed by atoms with E-state index in [1.807, 2.05) is 60.9 Å². The summed E-state index contributed by atoms with van der Waals surface area (Å²) in [5.74, 6) is -0.0866. The van der Waals surface area contributed by atoms with Crippen LogP contribution in [0, 0.1) is 6.92 Å². The summed E-state index contributed by atoms with van der Waals surface area (Å²) in [4.78, 5) is 15.9. The zero-order valence-electron chi connectivity index (χ0n) is 18.2. The highest BCUT2D eigenvalue weighted by atomic mass is 35.5. The zero-order valence-corrected chi connectivity index (χ0v) is 19.8. The highest BCUT2D eigenvalue weighted by Gasteiger charge is 2.16. The van der Waals surface area contributed by atoms with Gasteiger partial charge >= 0.3 is 0 Å². The van der Waals surface area contributed by atoms with Gasteiger partial charge in [-0.05, 0) is 54.3 Å². The molecule has 1 aliphatic heterocycles. The van der Waals surface area contributed by atoms with E-state index >= 15 is 0 Å². The Balaban J connectivity index is 0.00000259. The summed E-state index contributed by atoms with van der Waals surface area (Å²) in [6.07, 6.45) is 4.01. The lowest BCUT2D eigenvalue weighted by Crippen LogP contribution is -2.36. The Morgan fingerprint density at radius 1 is 1.15 bits per heavy atom. The molecule has 0 unspecified atom stereocenters. The van der Waals surface area contributed by atoms with E-state index in [2.05, 4.69) is 32.5 Å². The van der Waals surface area contributed by atoms with Crippen LogP contribution in [0.4, 0.5) is 11.4 Å². The summed E-state index contributed by atoms with van der Waals surface area (Å²) in [7, 11) is 0. The van der Waals surface area contributed by atoms with Crippen molar-refractivity contribution in [1.29, 1.82) is 0 Å². The van der Waals surface area contributed by atoms with Crippen molar-refractivity contribution in [2.75, 3.05) is 36.5 Å². The number of carbonyl (C=O) groups excluding carboxylic acids is 1. The number of anilines is 2. The zero-order chi connectivity index (χ0) is 21.9. The standard InChI is InChI=1S/C25H24N4O2S.ClH/c1-17-10-15-32-24(17)25(30)26-21-9-7-19(29-11-13-31-14-12-29)16-18(21)6-8-23-20-4-2-3-5-22(20)27-28-23;/h2-10,15-16H,11-14H2,1H3,(H,26,30)(H,27,28);1H. The lowest BCUT2D eigenvalue weighted by atomic mass is 10.1. The van der Waals surface area contributed by atoms with E-state index in [0.717, 1.165) is 70.3 Å². The molecule has 1 amide bonds. The van der Waals surface area contributed by atoms with Gasteiger partial charge in [0.2, 0.25) is 0 Å². The van der Waals surface area contributed by atoms with Crippen molar-refractivity contribution >= 4 is 64.1 Å². The van der Waals surface area contributed by atoms with Crippen molar-refractivity contribution in [3.8, 4) is 0 Å². The van der Waals surface area contributed by atoms with Crippen molar-refractivity contribution in [3.63, 3.8) is 0 Å². The number of nitrogens with zero attached hydrogens (tertiary/aromatic N) is 2. The van der Waals surface area contributed by atoms with Crippen LogP contribution in [0.3, 0.4) is 0 Å². The SMILES string of the molecule is Cc1ccsc1C(=O)Nc1ccc(N2CCOCC2)cc1C=Cc1n[nH]c2ccccc12.Cl. The summed E-state index contributed by atoms with van der Waals surface area (Å²) in [5, 5.41) is 13.6. The fourth-order valence-corrected chi connectivity index (χ4v) is 4.71. The maximum atomic E-state index is 12.9. The molecule has 3 heterocycles.